The number of rotatable bonds is 4. The second kappa shape index (κ2) is 7.62. The molecule has 1 aliphatic heterocycles. The summed E-state index contributed by atoms with van der Waals surface area (Å²) in [6.07, 6.45) is -1.10. The molecule has 3 aromatic heterocycles. The smallest absolute Gasteiger partial charge is 0.356 e. The number of pyridine rings is 2. The highest BCUT2D eigenvalue weighted by atomic mass is 19.4. The van der Waals surface area contributed by atoms with E-state index in [4.69, 9.17) is 5.73 Å². The summed E-state index contributed by atoms with van der Waals surface area (Å²) in [4.78, 5) is 10.6. The van der Waals surface area contributed by atoms with Crippen molar-refractivity contribution in [2.75, 3.05) is 24.5 Å². The molecule has 4 rings (SSSR count). The molecule has 0 aliphatic carbocycles. The number of nitrogens with zero attached hydrogens (tertiary/aromatic N) is 4. The second-order valence-electron chi connectivity index (χ2n) is 7.44. The van der Waals surface area contributed by atoms with E-state index in [0.717, 1.165) is 32.0 Å². The van der Waals surface area contributed by atoms with Crippen LogP contribution in [0.3, 0.4) is 0 Å². The molecule has 0 amide bonds. The Bertz CT molecular complexity index is 1010. The number of halogens is 3. The molecular weight excluding hydrogens is 381 g/mol. The SMILES string of the molecule is CCC1CN(c2ccc(C(F)(F)F)c(-c3[nH]nc4ncccc34)n2)CCC1CN.[HH].[HH]. The number of aromatic amines is 1. The first kappa shape index (κ1) is 19.6. The van der Waals surface area contributed by atoms with E-state index >= 15 is 0 Å². The average Bonchev–Trinajstić information content (AvgIpc) is 3.16. The van der Waals surface area contributed by atoms with Crippen molar-refractivity contribution in [3.05, 3.63) is 36.0 Å². The van der Waals surface area contributed by atoms with Gasteiger partial charge in [-0.2, -0.15) is 18.3 Å². The summed E-state index contributed by atoms with van der Waals surface area (Å²) in [6, 6.07) is 5.92. The van der Waals surface area contributed by atoms with Gasteiger partial charge in [0.25, 0.3) is 0 Å². The van der Waals surface area contributed by atoms with Crippen molar-refractivity contribution in [3.63, 3.8) is 0 Å². The van der Waals surface area contributed by atoms with E-state index in [2.05, 4.69) is 32.0 Å². The van der Waals surface area contributed by atoms with Crippen LogP contribution in [-0.2, 0) is 6.18 Å². The number of nitrogens with one attached hydrogen (secondary N) is 1. The Hall–Kier alpha value is -2.68. The molecule has 6 nitrogen and oxygen atoms in total. The first-order valence-electron chi connectivity index (χ1n) is 9.75. The minimum absolute atomic E-state index is 0. The van der Waals surface area contributed by atoms with Crippen molar-refractivity contribution in [1.29, 1.82) is 0 Å². The summed E-state index contributed by atoms with van der Waals surface area (Å²) < 4.78 is 41.1. The van der Waals surface area contributed by atoms with Crippen LogP contribution in [0.25, 0.3) is 22.4 Å². The van der Waals surface area contributed by atoms with Gasteiger partial charge in [-0.3, -0.25) is 5.10 Å². The lowest BCUT2D eigenvalue weighted by Crippen LogP contribution is -2.43. The zero-order chi connectivity index (χ0) is 20.6. The van der Waals surface area contributed by atoms with Crippen LogP contribution in [-0.4, -0.2) is 39.8 Å². The Morgan fingerprint density at radius 2 is 2.10 bits per heavy atom. The van der Waals surface area contributed by atoms with Crippen LogP contribution in [0.5, 0.6) is 0 Å². The number of piperidine rings is 1. The average molecular weight is 408 g/mol. The van der Waals surface area contributed by atoms with E-state index < -0.39 is 11.7 Å². The molecular formula is C20H27F3N6. The van der Waals surface area contributed by atoms with Gasteiger partial charge in [0.2, 0.25) is 0 Å². The molecule has 1 aliphatic rings. The first-order chi connectivity index (χ1) is 13.9. The van der Waals surface area contributed by atoms with Crippen molar-refractivity contribution < 1.29 is 16.0 Å². The highest BCUT2D eigenvalue weighted by Crippen LogP contribution is 2.39. The Labute approximate surface area is 169 Å². The molecule has 0 bridgehead atoms. The predicted octanol–water partition coefficient (Wildman–Crippen LogP) is 4.34. The number of H-pyrrole nitrogens is 1. The fraction of sp³-hybridized carbons (Fsp3) is 0.450. The van der Waals surface area contributed by atoms with Gasteiger partial charge in [0.1, 0.15) is 11.5 Å². The molecule has 0 radical (unpaired) electrons. The monoisotopic (exact) mass is 408 g/mol. The lowest BCUT2D eigenvalue weighted by molar-refractivity contribution is -0.137. The van der Waals surface area contributed by atoms with Crippen LogP contribution in [0.1, 0.15) is 28.2 Å². The Balaban J connectivity index is 0.00000171. The Morgan fingerprint density at radius 1 is 1.28 bits per heavy atom. The van der Waals surface area contributed by atoms with Gasteiger partial charge in [-0.15, -0.1) is 0 Å². The van der Waals surface area contributed by atoms with Gasteiger partial charge in [0.05, 0.1) is 11.3 Å². The van der Waals surface area contributed by atoms with Gasteiger partial charge >= 0.3 is 6.18 Å². The molecule has 3 N–H and O–H groups in total. The predicted molar refractivity (Wildman–Crippen MR) is 110 cm³/mol. The first-order valence-corrected chi connectivity index (χ1v) is 9.75. The number of fused-ring (bicyclic) bond motifs is 1. The van der Waals surface area contributed by atoms with Crippen LogP contribution in [0.2, 0.25) is 0 Å². The molecule has 3 aromatic rings. The maximum Gasteiger partial charge on any atom is 0.418 e. The normalized spacial score (nSPS) is 20.4. The molecule has 1 fully saturated rings. The summed E-state index contributed by atoms with van der Waals surface area (Å²) in [5.41, 5.74) is 5.53. The van der Waals surface area contributed by atoms with Crippen LogP contribution < -0.4 is 10.6 Å². The largest absolute Gasteiger partial charge is 0.418 e. The maximum atomic E-state index is 13.7. The molecule has 2 atom stereocenters. The quantitative estimate of drug-likeness (QED) is 0.671. The van der Waals surface area contributed by atoms with E-state index in [-0.39, 0.29) is 14.2 Å². The minimum atomic E-state index is -4.53. The van der Waals surface area contributed by atoms with Crippen molar-refractivity contribution in [2.45, 2.75) is 25.9 Å². The fourth-order valence-corrected chi connectivity index (χ4v) is 4.14. The third-order valence-electron chi connectivity index (χ3n) is 5.79. The zero-order valence-corrected chi connectivity index (χ0v) is 16.1. The molecule has 29 heavy (non-hydrogen) atoms. The lowest BCUT2D eigenvalue weighted by atomic mass is 9.84. The fourth-order valence-electron chi connectivity index (χ4n) is 4.14. The number of alkyl halides is 3. The summed E-state index contributed by atoms with van der Waals surface area (Å²) in [6.45, 7) is 4.21. The zero-order valence-electron chi connectivity index (χ0n) is 16.1. The standard InChI is InChI=1S/C20H23F3N6.2H2/c1-2-12-11-29(9-7-13(12)10-24)16-6-5-15(20(21,22)23)18(26-16)17-14-4-3-8-25-19(14)28-27-17;;/h3-6,8,12-13H,2,7,9-11,24H2,1H3,(H,25,27,28);2*1H. The molecule has 9 heteroatoms. The highest BCUT2D eigenvalue weighted by Gasteiger charge is 2.36. The third kappa shape index (κ3) is 3.66. The molecule has 158 valence electrons. The van der Waals surface area contributed by atoms with Gasteiger partial charge in [0, 0.05) is 27.5 Å². The molecule has 0 spiro atoms. The lowest BCUT2D eigenvalue weighted by Gasteiger charge is -2.38. The number of hydrogen-bond acceptors (Lipinski definition) is 5. The summed E-state index contributed by atoms with van der Waals surface area (Å²) >= 11 is 0. The molecule has 0 aromatic carbocycles. The number of hydrogen-bond donors (Lipinski definition) is 2. The number of aromatic nitrogens is 4. The molecule has 1 saturated heterocycles. The molecule has 0 saturated carbocycles. The third-order valence-corrected chi connectivity index (χ3v) is 5.79. The van der Waals surface area contributed by atoms with Gasteiger partial charge in [-0.25, -0.2) is 9.97 Å². The summed E-state index contributed by atoms with van der Waals surface area (Å²) in [5, 5.41) is 7.24. The highest BCUT2D eigenvalue weighted by molar-refractivity contribution is 5.90. The van der Waals surface area contributed by atoms with E-state index in [9.17, 15) is 13.2 Å². The van der Waals surface area contributed by atoms with Gasteiger partial charge in [0.15, 0.2) is 5.65 Å². The van der Waals surface area contributed by atoms with Crippen molar-refractivity contribution in [2.24, 2.45) is 17.6 Å². The Morgan fingerprint density at radius 3 is 2.83 bits per heavy atom. The second-order valence-corrected chi connectivity index (χ2v) is 7.44. The molecule has 4 heterocycles. The Kier molecular flexibility index (Phi) is 5.16. The van der Waals surface area contributed by atoms with Crippen LogP contribution >= 0.6 is 0 Å². The van der Waals surface area contributed by atoms with Gasteiger partial charge in [-0.05, 0) is 49.1 Å². The number of anilines is 1. The van der Waals surface area contributed by atoms with Crippen LogP contribution in [0.15, 0.2) is 30.5 Å². The van der Waals surface area contributed by atoms with Crippen LogP contribution in [0, 0.1) is 11.8 Å². The summed E-state index contributed by atoms with van der Waals surface area (Å²) in [7, 11) is 0. The minimum Gasteiger partial charge on any atom is -0.356 e. The van der Waals surface area contributed by atoms with Crippen molar-refractivity contribution in [3.8, 4) is 11.4 Å². The molecule has 2 unspecified atom stereocenters. The maximum absolute atomic E-state index is 13.7. The van der Waals surface area contributed by atoms with E-state index in [1.165, 1.54) is 6.07 Å². The van der Waals surface area contributed by atoms with E-state index in [1.54, 1.807) is 18.3 Å². The van der Waals surface area contributed by atoms with Gasteiger partial charge in [-0.1, -0.05) is 13.3 Å². The van der Waals surface area contributed by atoms with Crippen molar-refractivity contribution >= 4 is 16.9 Å². The van der Waals surface area contributed by atoms with Gasteiger partial charge < -0.3 is 10.6 Å². The van der Waals surface area contributed by atoms with E-state index in [0.29, 0.717) is 35.2 Å². The number of nitrogens with two attached hydrogens (primary N) is 1. The topological polar surface area (TPSA) is 83.7 Å². The van der Waals surface area contributed by atoms with E-state index in [1.807, 2.05) is 0 Å². The van der Waals surface area contributed by atoms with Crippen molar-refractivity contribution in [1.82, 2.24) is 20.2 Å². The van der Waals surface area contributed by atoms with Crippen LogP contribution in [0.4, 0.5) is 19.0 Å². The summed E-state index contributed by atoms with van der Waals surface area (Å²) in [5.74, 6) is 1.37.